The number of aryl methyl sites for hydroxylation is 1. The first-order valence-electron chi connectivity index (χ1n) is 8.24. The van der Waals surface area contributed by atoms with Crippen LogP contribution in [0.15, 0.2) is 35.6 Å². The summed E-state index contributed by atoms with van der Waals surface area (Å²) in [5.41, 5.74) is 1.12. The van der Waals surface area contributed by atoms with E-state index in [0.717, 1.165) is 35.6 Å². The molecular weight excluding hydrogens is 431 g/mol. The maximum atomic E-state index is 5.94. The number of para-hydroxylation sites is 1. The number of halogens is 1. The minimum atomic E-state index is 0. The molecule has 1 heterocycles. The monoisotopic (exact) mass is 456 g/mol. The van der Waals surface area contributed by atoms with Crippen LogP contribution in [0.4, 0.5) is 0 Å². The van der Waals surface area contributed by atoms with E-state index < -0.39 is 0 Å². The third kappa shape index (κ3) is 5.87. The largest absolute Gasteiger partial charge is 0.493 e. The van der Waals surface area contributed by atoms with Crippen molar-refractivity contribution in [2.75, 3.05) is 13.7 Å². The van der Waals surface area contributed by atoms with Crippen LogP contribution in [0.1, 0.15) is 24.2 Å². The van der Waals surface area contributed by atoms with Gasteiger partial charge in [-0.2, -0.15) is 5.10 Å². The van der Waals surface area contributed by atoms with Gasteiger partial charge in [0.05, 0.1) is 13.2 Å². The van der Waals surface area contributed by atoms with E-state index in [0.29, 0.717) is 13.1 Å². The second kappa shape index (κ2) is 9.59. The number of ether oxygens (including phenoxy) is 1. The van der Waals surface area contributed by atoms with Crippen molar-refractivity contribution in [3.05, 3.63) is 42.0 Å². The maximum Gasteiger partial charge on any atom is 0.191 e. The lowest BCUT2D eigenvalue weighted by Gasteiger charge is -2.14. The number of benzene rings is 1. The van der Waals surface area contributed by atoms with E-state index in [2.05, 4.69) is 31.8 Å². The summed E-state index contributed by atoms with van der Waals surface area (Å²) in [6.45, 7) is 2.03. The van der Waals surface area contributed by atoms with Gasteiger partial charge >= 0.3 is 0 Å². The van der Waals surface area contributed by atoms with Gasteiger partial charge in [0.1, 0.15) is 17.9 Å². The van der Waals surface area contributed by atoms with E-state index in [1.54, 1.807) is 18.1 Å². The van der Waals surface area contributed by atoms with Crippen LogP contribution in [-0.2, 0) is 20.1 Å². The lowest BCUT2D eigenvalue weighted by atomic mass is 10.2. The number of hydrogen-bond acceptors (Lipinski definition) is 4. The summed E-state index contributed by atoms with van der Waals surface area (Å²) < 4.78 is 7.68. The van der Waals surface area contributed by atoms with Gasteiger partial charge in [-0.3, -0.25) is 9.67 Å². The SMILES string of the molecule is CN=C(NCc1ccccc1OCC1CC1)NCc1ncnn1C.I. The standard InChI is InChI=1S/C17H24N6O.HI/c1-18-17(20-10-16-21-12-22-23(16)2)19-9-14-5-3-4-6-15(14)24-11-13-7-8-13;/h3-6,12-13H,7-11H2,1-2H3,(H2,18,19,20);1H. The summed E-state index contributed by atoms with van der Waals surface area (Å²) in [6.07, 6.45) is 4.12. The molecule has 8 heteroatoms. The first kappa shape index (κ1) is 19.5. The fourth-order valence-corrected chi connectivity index (χ4v) is 2.33. The Bertz CT molecular complexity index is 698. The van der Waals surface area contributed by atoms with Crippen LogP contribution in [0.5, 0.6) is 5.75 Å². The second-order valence-corrected chi connectivity index (χ2v) is 5.94. The molecule has 1 aromatic carbocycles. The summed E-state index contributed by atoms with van der Waals surface area (Å²) in [4.78, 5) is 8.43. The van der Waals surface area contributed by atoms with Crippen LogP contribution < -0.4 is 15.4 Å². The van der Waals surface area contributed by atoms with Gasteiger partial charge in [-0.1, -0.05) is 18.2 Å². The maximum absolute atomic E-state index is 5.94. The van der Waals surface area contributed by atoms with Crippen LogP contribution in [0.3, 0.4) is 0 Å². The van der Waals surface area contributed by atoms with Gasteiger partial charge in [-0.05, 0) is 24.8 Å². The van der Waals surface area contributed by atoms with Crippen molar-refractivity contribution in [2.24, 2.45) is 18.0 Å². The predicted molar refractivity (Wildman–Crippen MR) is 108 cm³/mol. The minimum Gasteiger partial charge on any atom is -0.493 e. The van der Waals surface area contributed by atoms with Gasteiger partial charge in [-0.15, -0.1) is 24.0 Å². The lowest BCUT2D eigenvalue weighted by Crippen LogP contribution is -2.37. The highest BCUT2D eigenvalue weighted by atomic mass is 127. The summed E-state index contributed by atoms with van der Waals surface area (Å²) in [6, 6.07) is 8.13. The molecule has 0 bridgehead atoms. The van der Waals surface area contributed by atoms with Crippen LogP contribution in [0.2, 0.25) is 0 Å². The van der Waals surface area contributed by atoms with Crippen molar-refractivity contribution >= 4 is 29.9 Å². The molecule has 0 aliphatic heterocycles. The molecule has 136 valence electrons. The van der Waals surface area contributed by atoms with Crippen molar-refractivity contribution in [2.45, 2.75) is 25.9 Å². The number of nitrogens with one attached hydrogen (secondary N) is 2. The van der Waals surface area contributed by atoms with Gasteiger partial charge in [0.2, 0.25) is 0 Å². The van der Waals surface area contributed by atoms with E-state index >= 15 is 0 Å². The van der Waals surface area contributed by atoms with E-state index in [4.69, 9.17) is 4.74 Å². The molecule has 2 N–H and O–H groups in total. The molecule has 1 aliphatic carbocycles. The summed E-state index contributed by atoms with van der Waals surface area (Å²) in [7, 11) is 3.62. The summed E-state index contributed by atoms with van der Waals surface area (Å²) in [5.74, 6) is 3.26. The van der Waals surface area contributed by atoms with Gasteiger partial charge < -0.3 is 15.4 Å². The van der Waals surface area contributed by atoms with Crippen LogP contribution in [0, 0.1) is 5.92 Å². The van der Waals surface area contributed by atoms with E-state index in [1.807, 2.05) is 25.2 Å². The average Bonchev–Trinajstić information content (AvgIpc) is 3.35. The predicted octanol–water partition coefficient (Wildman–Crippen LogP) is 2.09. The zero-order valence-electron chi connectivity index (χ0n) is 14.6. The lowest BCUT2D eigenvalue weighted by molar-refractivity contribution is 0.296. The van der Waals surface area contributed by atoms with Crippen LogP contribution in [0.25, 0.3) is 0 Å². The Morgan fingerprint density at radius 2 is 2.04 bits per heavy atom. The molecule has 0 spiro atoms. The summed E-state index contributed by atoms with van der Waals surface area (Å²) >= 11 is 0. The molecule has 0 radical (unpaired) electrons. The molecule has 25 heavy (non-hydrogen) atoms. The minimum absolute atomic E-state index is 0. The highest BCUT2D eigenvalue weighted by molar-refractivity contribution is 14.0. The molecule has 0 atom stereocenters. The van der Waals surface area contributed by atoms with Gasteiger partial charge in [-0.25, -0.2) is 4.98 Å². The van der Waals surface area contributed by atoms with Crippen molar-refractivity contribution in [1.29, 1.82) is 0 Å². The third-order valence-electron chi connectivity index (χ3n) is 4.03. The molecule has 0 amide bonds. The van der Waals surface area contributed by atoms with E-state index in [-0.39, 0.29) is 24.0 Å². The average molecular weight is 456 g/mol. The normalized spacial score (nSPS) is 13.9. The number of nitrogens with zero attached hydrogens (tertiary/aromatic N) is 4. The van der Waals surface area contributed by atoms with Crippen molar-refractivity contribution < 1.29 is 4.74 Å². The highest BCUT2D eigenvalue weighted by Crippen LogP contribution is 2.30. The fraction of sp³-hybridized carbons (Fsp3) is 0.471. The number of hydrogen-bond donors (Lipinski definition) is 2. The Kier molecular flexibility index (Phi) is 7.48. The van der Waals surface area contributed by atoms with Crippen molar-refractivity contribution in [3.63, 3.8) is 0 Å². The molecule has 0 unspecified atom stereocenters. The molecule has 0 saturated heterocycles. The molecular formula is C17H25IN6O. The molecule has 7 nitrogen and oxygen atoms in total. The van der Waals surface area contributed by atoms with Crippen molar-refractivity contribution in [3.8, 4) is 5.75 Å². The smallest absolute Gasteiger partial charge is 0.191 e. The van der Waals surface area contributed by atoms with E-state index in [9.17, 15) is 0 Å². The Balaban J connectivity index is 0.00000225. The van der Waals surface area contributed by atoms with Gasteiger partial charge in [0.15, 0.2) is 5.96 Å². The number of aromatic nitrogens is 3. The molecule has 2 aromatic rings. The molecule has 1 aromatic heterocycles. The van der Waals surface area contributed by atoms with Crippen LogP contribution in [-0.4, -0.2) is 34.4 Å². The van der Waals surface area contributed by atoms with Crippen molar-refractivity contribution in [1.82, 2.24) is 25.4 Å². The molecule has 1 aliphatic rings. The quantitative estimate of drug-likeness (QED) is 0.379. The molecule has 1 saturated carbocycles. The highest BCUT2D eigenvalue weighted by Gasteiger charge is 2.22. The second-order valence-electron chi connectivity index (χ2n) is 5.94. The third-order valence-corrected chi connectivity index (χ3v) is 4.03. The number of guanidine groups is 1. The Morgan fingerprint density at radius 3 is 2.72 bits per heavy atom. The Morgan fingerprint density at radius 1 is 1.28 bits per heavy atom. The molecule has 1 fully saturated rings. The first-order chi connectivity index (χ1) is 11.8. The first-order valence-corrected chi connectivity index (χ1v) is 8.24. The van der Waals surface area contributed by atoms with Crippen LogP contribution >= 0.6 is 24.0 Å². The van der Waals surface area contributed by atoms with Gasteiger partial charge in [0, 0.05) is 26.2 Å². The fourth-order valence-electron chi connectivity index (χ4n) is 2.33. The Labute approximate surface area is 165 Å². The number of aliphatic imine (C=N–C) groups is 1. The number of rotatable bonds is 7. The zero-order valence-corrected chi connectivity index (χ0v) is 16.9. The topological polar surface area (TPSA) is 76.4 Å². The Hall–Kier alpha value is -1.84. The van der Waals surface area contributed by atoms with E-state index in [1.165, 1.54) is 12.8 Å². The zero-order chi connectivity index (χ0) is 16.8. The molecule has 3 rings (SSSR count). The summed E-state index contributed by atoms with van der Waals surface area (Å²) in [5, 5.41) is 10.6. The van der Waals surface area contributed by atoms with Gasteiger partial charge in [0.25, 0.3) is 0 Å².